The van der Waals surface area contributed by atoms with E-state index >= 15 is 0 Å². The molecule has 0 spiro atoms. The fourth-order valence-corrected chi connectivity index (χ4v) is 4.17. The Labute approximate surface area is 181 Å². The van der Waals surface area contributed by atoms with Gasteiger partial charge in [0.25, 0.3) is 0 Å². The van der Waals surface area contributed by atoms with E-state index < -0.39 is 0 Å². The van der Waals surface area contributed by atoms with Gasteiger partial charge in [0.2, 0.25) is 0 Å². The third kappa shape index (κ3) is 3.44. The predicted molar refractivity (Wildman–Crippen MR) is 120 cm³/mol. The van der Waals surface area contributed by atoms with Gasteiger partial charge in [-0.05, 0) is 53.0 Å². The number of hydrogen-bond donors (Lipinski definition) is 2. The first-order chi connectivity index (χ1) is 14.6. The molecule has 0 aliphatic carbocycles. The number of nitrogen functional groups attached to an aromatic ring is 1. The minimum absolute atomic E-state index is 0.0108. The summed E-state index contributed by atoms with van der Waals surface area (Å²) in [4.78, 5) is 13.1. The topological polar surface area (TPSA) is 100 Å². The minimum Gasteiger partial charge on any atom is -0.491 e. The van der Waals surface area contributed by atoms with Gasteiger partial charge in [0.05, 0.1) is 21.5 Å². The van der Waals surface area contributed by atoms with Crippen molar-refractivity contribution < 1.29 is 9.47 Å². The van der Waals surface area contributed by atoms with Crippen LogP contribution in [0.2, 0.25) is 0 Å². The van der Waals surface area contributed by atoms with Crippen LogP contribution in [0.25, 0.3) is 21.9 Å². The molecule has 1 aliphatic heterocycles. The molecule has 1 fully saturated rings. The van der Waals surface area contributed by atoms with E-state index in [9.17, 15) is 0 Å². The molecule has 0 saturated carbocycles. The SMILES string of the molecule is CNc1ncnc2c1ccn2C1CCC(COc2ccc3cc(Br)c(N)nc3c2)O1. The highest BCUT2D eigenvalue weighted by atomic mass is 79.9. The molecule has 0 radical (unpaired) electrons. The molecule has 1 saturated heterocycles. The van der Waals surface area contributed by atoms with Crippen molar-refractivity contribution in [2.45, 2.75) is 25.2 Å². The molecule has 1 aliphatic rings. The van der Waals surface area contributed by atoms with E-state index in [0.29, 0.717) is 12.4 Å². The van der Waals surface area contributed by atoms with Crippen LogP contribution in [-0.4, -0.2) is 39.3 Å². The Morgan fingerprint density at radius 3 is 3.03 bits per heavy atom. The minimum atomic E-state index is -0.0638. The molecule has 2 atom stereocenters. The zero-order chi connectivity index (χ0) is 20.7. The Kier molecular flexibility index (Phi) is 4.92. The molecule has 30 heavy (non-hydrogen) atoms. The quantitative estimate of drug-likeness (QED) is 0.454. The lowest BCUT2D eigenvalue weighted by Gasteiger charge is -2.16. The highest BCUT2D eigenvalue weighted by Crippen LogP contribution is 2.33. The van der Waals surface area contributed by atoms with Crippen LogP contribution < -0.4 is 15.8 Å². The van der Waals surface area contributed by atoms with Gasteiger partial charge in [-0.1, -0.05) is 0 Å². The molecule has 0 bridgehead atoms. The highest BCUT2D eigenvalue weighted by Gasteiger charge is 2.28. The zero-order valence-corrected chi connectivity index (χ0v) is 18.0. The largest absolute Gasteiger partial charge is 0.491 e. The summed E-state index contributed by atoms with van der Waals surface area (Å²) in [5.41, 5.74) is 7.56. The smallest absolute Gasteiger partial charge is 0.147 e. The summed E-state index contributed by atoms with van der Waals surface area (Å²) >= 11 is 3.41. The molecule has 0 amide bonds. The van der Waals surface area contributed by atoms with Crippen molar-refractivity contribution in [3.63, 3.8) is 0 Å². The molecule has 9 heteroatoms. The summed E-state index contributed by atoms with van der Waals surface area (Å²) in [5.74, 6) is 2.03. The second kappa shape index (κ2) is 7.73. The van der Waals surface area contributed by atoms with Gasteiger partial charge >= 0.3 is 0 Å². The number of pyridine rings is 1. The first kappa shape index (κ1) is 19.1. The number of ether oxygens (including phenoxy) is 2. The van der Waals surface area contributed by atoms with Crippen LogP contribution >= 0.6 is 15.9 Å². The van der Waals surface area contributed by atoms with Crippen LogP contribution in [0, 0.1) is 0 Å². The maximum atomic E-state index is 6.25. The summed E-state index contributed by atoms with van der Waals surface area (Å²) < 4.78 is 15.1. The summed E-state index contributed by atoms with van der Waals surface area (Å²) in [6.07, 6.45) is 5.34. The molecule has 1 aromatic carbocycles. The van der Waals surface area contributed by atoms with Gasteiger partial charge in [-0.3, -0.25) is 0 Å². The number of hydrogen-bond acceptors (Lipinski definition) is 7. The molecule has 3 N–H and O–H groups in total. The summed E-state index contributed by atoms with van der Waals surface area (Å²) in [5, 5.41) is 5.09. The Morgan fingerprint density at radius 1 is 1.27 bits per heavy atom. The molecule has 2 unspecified atom stereocenters. The summed E-state index contributed by atoms with van der Waals surface area (Å²) in [7, 11) is 1.86. The van der Waals surface area contributed by atoms with Crippen molar-refractivity contribution >= 4 is 49.5 Å². The van der Waals surface area contributed by atoms with E-state index in [4.69, 9.17) is 15.2 Å². The van der Waals surface area contributed by atoms with Gasteiger partial charge in [0.1, 0.15) is 42.2 Å². The summed E-state index contributed by atoms with van der Waals surface area (Å²) in [6.45, 7) is 0.476. The lowest BCUT2D eigenvalue weighted by molar-refractivity contribution is -0.0156. The number of anilines is 2. The molecule has 154 valence electrons. The van der Waals surface area contributed by atoms with Crippen molar-refractivity contribution in [3.05, 3.63) is 47.3 Å². The predicted octanol–water partition coefficient (Wildman–Crippen LogP) is 4.12. The van der Waals surface area contributed by atoms with Crippen molar-refractivity contribution in [2.75, 3.05) is 24.7 Å². The van der Waals surface area contributed by atoms with Crippen molar-refractivity contribution in [1.82, 2.24) is 19.5 Å². The number of halogens is 1. The van der Waals surface area contributed by atoms with E-state index in [1.54, 1.807) is 6.33 Å². The Bertz CT molecular complexity index is 1230. The van der Waals surface area contributed by atoms with Crippen LogP contribution in [0.15, 0.2) is 47.3 Å². The molecular formula is C21H21BrN6O2. The monoisotopic (exact) mass is 468 g/mol. The maximum absolute atomic E-state index is 6.25. The fraction of sp³-hybridized carbons (Fsp3) is 0.286. The first-order valence-electron chi connectivity index (χ1n) is 9.75. The standard InChI is InChI=1S/C21H21BrN6O2/c1-24-20-15-6-7-28(21(15)26-11-25-20)18-5-4-14(30-18)10-29-13-3-2-12-8-16(22)19(23)27-17(12)9-13/h2-3,6-9,11,14,18H,4-5,10H2,1H3,(H2,23,27)(H,24,25,26). The number of nitrogens with one attached hydrogen (secondary N) is 1. The van der Waals surface area contributed by atoms with E-state index in [1.165, 1.54) is 0 Å². The van der Waals surface area contributed by atoms with Crippen molar-refractivity contribution in [2.24, 2.45) is 0 Å². The Morgan fingerprint density at radius 2 is 2.17 bits per heavy atom. The van der Waals surface area contributed by atoms with Crippen LogP contribution in [0.1, 0.15) is 19.1 Å². The average Bonchev–Trinajstić information content (AvgIpc) is 3.39. The lowest BCUT2D eigenvalue weighted by atomic mass is 10.2. The first-order valence-corrected chi connectivity index (χ1v) is 10.5. The second-order valence-electron chi connectivity index (χ2n) is 7.24. The number of benzene rings is 1. The van der Waals surface area contributed by atoms with Gasteiger partial charge in [0.15, 0.2) is 0 Å². The number of rotatable bonds is 5. The number of aromatic nitrogens is 4. The Hall–Kier alpha value is -2.91. The molecule has 3 aromatic heterocycles. The molecule has 4 heterocycles. The van der Waals surface area contributed by atoms with Gasteiger partial charge in [-0.2, -0.15) is 0 Å². The van der Waals surface area contributed by atoms with Crippen LogP contribution in [0.5, 0.6) is 5.75 Å². The van der Waals surface area contributed by atoms with E-state index in [1.807, 2.05) is 43.6 Å². The van der Waals surface area contributed by atoms with E-state index in [-0.39, 0.29) is 12.3 Å². The number of nitrogens with two attached hydrogens (primary N) is 1. The van der Waals surface area contributed by atoms with Gasteiger partial charge in [-0.15, -0.1) is 0 Å². The number of nitrogens with zero attached hydrogens (tertiary/aromatic N) is 4. The van der Waals surface area contributed by atoms with Gasteiger partial charge < -0.3 is 25.1 Å². The van der Waals surface area contributed by atoms with Crippen LogP contribution in [0.3, 0.4) is 0 Å². The van der Waals surface area contributed by atoms with Gasteiger partial charge in [0, 0.05) is 24.7 Å². The van der Waals surface area contributed by atoms with Gasteiger partial charge in [-0.25, -0.2) is 15.0 Å². The third-order valence-corrected chi connectivity index (χ3v) is 5.98. The third-order valence-electron chi connectivity index (χ3n) is 5.35. The number of fused-ring (bicyclic) bond motifs is 2. The van der Waals surface area contributed by atoms with E-state index in [2.05, 4.69) is 40.8 Å². The maximum Gasteiger partial charge on any atom is 0.147 e. The summed E-state index contributed by atoms with van der Waals surface area (Å²) in [6, 6.07) is 9.79. The molecule has 5 rings (SSSR count). The fourth-order valence-electron chi connectivity index (χ4n) is 3.83. The second-order valence-corrected chi connectivity index (χ2v) is 8.10. The van der Waals surface area contributed by atoms with Crippen molar-refractivity contribution in [1.29, 1.82) is 0 Å². The molecule has 8 nitrogen and oxygen atoms in total. The van der Waals surface area contributed by atoms with E-state index in [0.717, 1.165) is 50.8 Å². The normalized spacial score (nSPS) is 18.9. The highest BCUT2D eigenvalue weighted by molar-refractivity contribution is 9.10. The van der Waals surface area contributed by atoms with Crippen LogP contribution in [-0.2, 0) is 4.74 Å². The average molecular weight is 469 g/mol. The Balaban J connectivity index is 1.27. The van der Waals surface area contributed by atoms with Crippen molar-refractivity contribution in [3.8, 4) is 5.75 Å². The lowest BCUT2D eigenvalue weighted by Crippen LogP contribution is -2.18. The zero-order valence-electron chi connectivity index (χ0n) is 16.4. The molecular weight excluding hydrogens is 448 g/mol. The molecule has 4 aromatic rings. The van der Waals surface area contributed by atoms with Crippen LogP contribution in [0.4, 0.5) is 11.6 Å².